The van der Waals surface area contributed by atoms with Gasteiger partial charge in [-0.05, 0) is 56.2 Å². The number of likely N-dealkylation sites (tertiary alicyclic amines) is 1. The summed E-state index contributed by atoms with van der Waals surface area (Å²) in [5.74, 6) is -0.0135. The highest BCUT2D eigenvalue weighted by atomic mass is 79.9. The molecule has 1 aromatic heterocycles. The maximum absolute atomic E-state index is 15.1. The molecule has 0 saturated carbocycles. The lowest BCUT2D eigenvalue weighted by molar-refractivity contribution is 0.0240. The van der Waals surface area contributed by atoms with E-state index in [0.717, 1.165) is 19.5 Å². The second-order valence-electron chi connectivity index (χ2n) is 9.46. The van der Waals surface area contributed by atoms with Gasteiger partial charge in [0.25, 0.3) is 0 Å². The summed E-state index contributed by atoms with van der Waals surface area (Å²) in [4.78, 5) is 27.3. The van der Waals surface area contributed by atoms with E-state index < -0.39 is 11.4 Å². The van der Waals surface area contributed by atoms with Crippen LogP contribution in [-0.4, -0.2) is 83.9 Å². The molecule has 2 saturated heterocycles. The first-order valence-electron chi connectivity index (χ1n) is 10.9. The Bertz CT molecular complexity index is 1060. The maximum Gasteiger partial charge on any atom is 0.410 e. The first-order chi connectivity index (χ1) is 15.5. The summed E-state index contributed by atoms with van der Waals surface area (Å²) in [6.07, 6.45) is 0.458. The van der Waals surface area contributed by atoms with Crippen molar-refractivity contribution in [2.45, 2.75) is 38.9 Å². The number of nitrogens with zero attached hydrogens (tertiary/aromatic N) is 5. The molecular formula is C22H28BrClFN5O3. The molecule has 0 unspecified atom stereocenters. The van der Waals surface area contributed by atoms with Crippen LogP contribution in [0.3, 0.4) is 0 Å². The van der Waals surface area contributed by atoms with Crippen LogP contribution in [0.4, 0.5) is 15.0 Å². The van der Waals surface area contributed by atoms with E-state index in [0.29, 0.717) is 37.4 Å². The van der Waals surface area contributed by atoms with Crippen LogP contribution in [0.2, 0.25) is 5.02 Å². The van der Waals surface area contributed by atoms with E-state index in [4.69, 9.17) is 21.1 Å². The molecule has 0 N–H and O–H groups in total. The van der Waals surface area contributed by atoms with E-state index in [1.807, 2.05) is 32.7 Å². The van der Waals surface area contributed by atoms with Gasteiger partial charge in [0.1, 0.15) is 23.0 Å². The number of hydrogen-bond donors (Lipinski definition) is 0. The van der Waals surface area contributed by atoms with Crippen LogP contribution in [0.1, 0.15) is 27.2 Å². The van der Waals surface area contributed by atoms with E-state index in [9.17, 15) is 4.79 Å². The quantitative estimate of drug-likeness (QED) is 0.533. The number of likely N-dealkylation sites (N-methyl/N-ethyl adjacent to an activating group) is 1. The number of hydrogen-bond acceptors (Lipinski definition) is 7. The highest BCUT2D eigenvalue weighted by Gasteiger charge is 2.29. The molecule has 1 atom stereocenters. The zero-order valence-electron chi connectivity index (χ0n) is 19.2. The summed E-state index contributed by atoms with van der Waals surface area (Å²) in [5.41, 5.74) is -0.411. The fourth-order valence-corrected chi connectivity index (χ4v) is 4.49. The summed E-state index contributed by atoms with van der Waals surface area (Å²) in [6, 6.07) is 1.80. The van der Waals surface area contributed by atoms with Gasteiger partial charge in [-0.15, -0.1) is 0 Å². The topological polar surface area (TPSA) is 71.0 Å². The molecule has 2 aromatic rings. The van der Waals surface area contributed by atoms with Gasteiger partial charge in [-0.1, -0.05) is 11.6 Å². The number of fused-ring (bicyclic) bond motifs is 1. The van der Waals surface area contributed by atoms with Crippen molar-refractivity contribution in [1.82, 2.24) is 19.8 Å². The normalized spacial score (nSPS) is 19.9. The summed E-state index contributed by atoms with van der Waals surface area (Å²) in [7, 11) is 2.03. The van der Waals surface area contributed by atoms with Crippen molar-refractivity contribution < 1.29 is 18.7 Å². The molecule has 0 bridgehead atoms. The highest BCUT2D eigenvalue weighted by molar-refractivity contribution is 9.10. The van der Waals surface area contributed by atoms with Crippen LogP contribution in [0.5, 0.6) is 6.01 Å². The maximum atomic E-state index is 15.1. The molecule has 2 aliphatic rings. The van der Waals surface area contributed by atoms with Crippen LogP contribution in [0.15, 0.2) is 10.5 Å². The van der Waals surface area contributed by atoms with Gasteiger partial charge in [-0.2, -0.15) is 9.97 Å². The van der Waals surface area contributed by atoms with Gasteiger partial charge in [-0.25, -0.2) is 9.18 Å². The molecule has 3 heterocycles. The summed E-state index contributed by atoms with van der Waals surface area (Å²) in [6.45, 7) is 9.13. The lowest BCUT2D eigenvalue weighted by Gasteiger charge is -2.36. The summed E-state index contributed by atoms with van der Waals surface area (Å²) in [5, 5.41) is 0.741. The van der Waals surface area contributed by atoms with Crippen LogP contribution in [0, 0.1) is 5.82 Å². The molecule has 33 heavy (non-hydrogen) atoms. The average Bonchev–Trinajstić information content (AvgIpc) is 3.15. The van der Waals surface area contributed by atoms with Crippen molar-refractivity contribution in [3.8, 4) is 6.01 Å². The summed E-state index contributed by atoms with van der Waals surface area (Å²) < 4.78 is 26.8. The fraction of sp³-hybridized carbons (Fsp3) is 0.591. The number of halogens is 3. The minimum Gasteiger partial charge on any atom is -0.459 e. The van der Waals surface area contributed by atoms with E-state index >= 15 is 4.39 Å². The van der Waals surface area contributed by atoms with Gasteiger partial charge >= 0.3 is 12.1 Å². The molecule has 0 aliphatic carbocycles. The molecule has 1 amide bonds. The Morgan fingerprint density at radius 2 is 1.91 bits per heavy atom. The van der Waals surface area contributed by atoms with Crippen LogP contribution in [-0.2, 0) is 4.74 Å². The molecule has 0 spiro atoms. The number of carbonyl (C=O) groups excluding carboxylic acids is 1. The Balaban J connectivity index is 1.62. The number of ether oxygens (including phenoxy) is 2. The van der Waals surface area contributed by atoms with Gasteiger partial charge in [0.2, 0.25) is 0 Å². The molecule has 8 nitrogen and oxygen atoms in total. The third-order valence-electron chi connectivity index (χ3n) is 5.64. The third-order valence-corrected chi connectivity index (χ3v) is 6.94. The smallest absolute Gasteiger partial charge is 0.410 e. The molecule has 4 rings (SSSR count). The number of amides is 1. The highest BCUT2D eigenvalue weighted by Crippen LogP contribution is 2.36. The zero-order valence-corrected chi connectivity index (χ0v) is 21.5. The molecule has 180 valence electrons. The Morgan fingerprint density at radius 3 is 2.52 bits per heavy atom. The largest absolute Gasteiger partial charge is 0.459 e. The molecule has 11 heteroatoms. The van der Waals surface area contributed by atoms with E-state index in [2.05, 4.69) is 30.8 Å². The molecule has 1 aromatic carbocycles. The second kappa shape index (κ2) is 9.38. The Kier molecular flexibility index (Phi) is 6.89. The Morgan fingerprint density at radius 1 is 1.21 bits per heavy atom. The Hall–Kier alpha value is -1.91. The minimum absolute atomic E-state index is 0.0527. The van der Waals surface area contributed by atoms with Gasteiger partial charge in [0.15, 0.2) is 5.82 Å². The number of anilines is 1. The average molecular weight is 545 g/mol. The minimum atomic E-state index is -0.556. The SMILES string of the molecule is CN1CC[C@H](Oc2nc(N3CCN(C(=O)OC(C)(C)C)CC3)c3cc(Cl)c(Br)c(F)c3n2)C1. The number of carbonyl (C=O) groups is 1. The standard InChI is InChI=1S/C22H28BrClFN5O3/c1-22(2,3)33-21(31)30-9-7-29(8-10-30)19-14-11-15(24)16(23)17(25)18(14)26-20(27-19)32-13-5-6-28(4)12-13/h11,13H,5-10,12H2,1-4H3/t13-/m0/s1. The first kappa shape index (κ1) is 24.2. The van der Waals surface area contributed by atoms with Crippen molar-refractivity contribution in [2.75, 3.05) is 51.2 Å². The van der Waals surface area contributed by atoms with Crippen LogP contribution in [0.25, 0.3) is 10.9 Å². The first-order valence-corrected chi connectivity index (χ1v) is 12.1. The summed E-state index contributed by atoms with van der Waals surface area (Å²) >= 11 is 9.46. The Labute approximate surface area is 206 Å². The fourth-order valence-electron chi connectivity index (χ4n) is 4.00. The lowest BCUT2D eigenvalue weighted by atomic mass is 10.2. The molecular weight excluding hydrogens is 517 g/mol. The van der Waals surface area contributed by atoms with Crippen molar-refractivity contribution >= 4 is 50.3 Å². The van der Waals surface area contributed by atoms with Crippen molar-refractivity contribution in [2.24, 2.45) is 0 Å². The van der Waals surface area contributed by atoms with Gasteiger partial charge < -0.3 is 24.2 Å². The van der Waals surface area contributed by atoms with Crippen molar-refractivity contribution in [3.05, 3.63) is 21.4 Å². The molecule has 2 aliphatic heterocycles. The van der Waals surface area contributed by atoms with Crippen LogP contribution >= 0.6 is 27.5 Å². The van der Waals surface area contributed by atoms with Gasteiger partial charge in [0.05, 0.1) is 9.50 Å². The number of aromatic nitrogens is 2. The third kappa shape index (κ3) is 5.44. The number of piperazine rings is 1. The monoisotopic (exact) mass is 543 g/mol. The lowest BCUT2D eigenvalue weighted by Crippen LogP contribution is -2.50. The molecule has 2 fully saturated rings. The number of benzene rings is 1. The van der Waals surface area contributed by atoms with Gasteiger partial charge in [-0.3, -0.25) is 0 Å². The second-order valence-corrected chi connectivity index (χ2v) is 10.7. The predicted molar refractivity (Wildman–Crippen MR) is 129 cm³/mol. The van der Waals surface area contributed by atoms with E-state index in [-0.39, 0.29) is 33.2 Å². The van der Waals surface area contributed by atoms with Crippen molar-refractivity contribution in [3.63, 3.8) is 0 Å². The van der Waals surface area contributed by atoms with E-state index in [1.54, 1.807) is 11.0 Å². The van der Waals surface area contributed by atoms with Gasteiger partial charge in [0, 0.05) is 44.7 Å². The predicted octanol–water partition coefficient (Wildman–Crippen LogP) is 4.32. The number of rotatable bonds is 3. The van der Waals surface area contributed by atoms with E-state index in [1.165, 1.54) is 0 Å². The molecule has 0 radical (unpaired) electrons. The van der Waals surface area contributed by atoms with Crippen molar-refractivity contribution in [1.29, 1.82) is 0 Å². The van der Waals surface area contributed by atoms with Crippen LogP contribution < -0.4 is 9.64 Å². The zero-order chi connectivity index (χ0) is 23.9.